The number of nitrogens with one attached hydrogen (secondary N) is 1. The molecule has 1 aromatic heterocycles. The third-order valence-electron chi connectivity index (χ3n) is 2.41. The summed E-state index contributed by atoms with van der Waals surface area (Å²) >= 11 is 0. The maximum absolute atomic E-state index is 10.8. The van der Waals surface area contributed by atoms with Gasteiger partial charge in [-0.2, -0.15) is 0 Å². The Morgan fingerprint density at radius 2 is 2.12 bits per heavy atom. The lowest BCUT2D eigenvalue weighted by Crippen LogP contribution is -2.42. The van der Waals surface area contributed by atoms with Gasteiger partial charge in [0.1, 0.15) is 5.76 Å². The Labute approximate surface area is 95.4 Å². The number of amides is 1. The lowest BCUT2D eigenvalue weighted by atomic mass is 10.0. The van der Waals surface area contributed by atoms with Crippen molar-refractivity contribution in [3.05, 3.63) is 17.3 Å². The molecule has 0 atom stereocenters. The van der Waals surface area contributed by atoms with Crippen LogP contribution in [0.25, 0.3) is 0 Å². The summed E-state index contributed by atoms with van der Waals surface area (Å²) in [7, 11) is 0. The van der Waals surface area contributed by atoms with Crippen LogP contribution < -0.4 is 11.1 Å². The molecule has 1 aromatic rings. The number of hydrogen-bond donors (Lipinski definition) is 2. The van der Waals surface area contributed by atoms with Crippen LogP contribution >= 0.6 is 0 Å². The van der Waals surface area contributed by atoms with Crippen molar-refractivity contribution in [2.75, 3.05) is 0 Å². The molecule has 0 saturated heterocycles. The molecule has 1 heterocycles. The summed E-state index contributed by atoms with van der Waals surface area (Å²) < 4.78 is 5.42. The Morgan fingerprint density at radius 3 is 2.56 bits per heavy atom. The third kappa shape index (κ3) is 3.66. The van der Waals surface area contributed by atoms with E-state index < -0.39 is 0 Å². The lowest BCUT2D eigenvalue weighted by Gasteiger charge is -2.23. The van der Waals surface area contributed by atoms with Crippen LogP contribution in [-0.2, 0) is 11.3 Å². The number of aromatic nitrogens is 1. The fourth-order valence-corrected chi connectivity index (χ4v) is 1.43. The number of carbonyl (C=O) groups is 1. The highest BCUT2D eigenvalue weighted by Crippen LogP contribution is 2.11. The summed E-state index contributed by atoms with van der Waals surface area (Å²) in [6.07, 6.45) is 0.283. The molecule has 0 aliphatic heterocycles. The second kappa shape index (κ2) is 4.65. The fraction of sp³-hybridized carbons (Fsp3) is 0.636. The average molecular weight is 225 g/mol. The van der Waals surface area contributed by atoms with Crippen molar-refractivity contribution in [1.82, 2.24) is 10.3 Å². The molecule has 1 rings (SSSR count). The molecule has 0 spiro atoms. The van der Waals surface area contributed by atoms with E-state index in [0.29, 0.717) is 12.4 Å². The maximum Gasteiger partial charge on any atom is 0.219 e. The van der Waals surface area contributed by atoms with Gasteiger partial charge in [-0.15, -0.1) is 0 Å². The first-order chi connectivity index (χ1) is 7.30. The smallest absolute Gasteiger partial charge is 0.219 e. The Hall–Kier alpha value is -1.36. The van der Waals surface area contributed by atoms with Crippen molar-refractivity contribution < 1.29 is 9.21 Å². The molecule has 0 radical (unpaired) electrons. The number of nitrogens with two attached hydrogens (primary N) is 1. The highest BCUT2D eigenvalue weighted by molar-refractivity contribution is 5.74. The molecule has 0 bridgehead atoms. The molecule has 0 unspecified atom stereocenters. The van der Waals surface area contributed by atoms with E-state index in [1.54, 1.807) is 0 Å². The second-order valence-corrected chi connectivity index (χ2v) is 4.63. The number of nitrogens with zero attached hydrogens (tertiary/aromatic N) is 1. The van der Waals surface area contributed by atoms with Crippen LogP contribution in [0.5, 0.6) is 0 Å². The normalized spacial score (nSPS) is 11.8. The summed E-state index contributed by atoms with van der Waals surface area (Å²) in [5.74, 6) is 1.13. The van der Waals surface area contributed by atoms with E-state index in [9.17, 15) is 4.79 Å². The van der Waals surface area contributed by atoms with E-state index in [0.717, 1.165) is 11.5 Å². The van der Waals surface area contributed by atoms with Gasteiger partial charge in [0.15, 0.2) is 0 Å². The minimum absolute atomic E-state index is 0.283. The molecule has 5 heteroatoms. The number of primary amides is 1. The minimum atomic E-state index is -0.345. The summed E-state index contributed by atoms with van der Waals surface area (Å²) in [6.45, 7) is 8.10. The summed E-state index contributed by atoms with van der Waals surface area (Å²) in [4.78, 5) is 15.1. The number of carbonyl (C=O) groups excluding carboxylic acids is 1. The molecule has 1 amide bonds. The molecule has 90 valence electrons. The molecule has 0 aromatic carbocycles. The standard InChI is InChI=1S/C11H19N3O2/c1-7-8(2)16-10(14-7)6-13-11(3,4)5-9(12)15/h13H,5-6H2,1-4H3,(H2,12,15). The van der Waals surface area contributed by atoms with E-state index in [1.165, 1.54) is 0 Å². The first-order valence-electron chi connectivity index (χ1n) is 5.26. The zero-order valence-corrected chi connectivity index (χ0v) is 10.3. The van der Waals surface area contributed by atoms with Crippen molar-refractivity contribution >= 4 is 5.91 Å². The van der Waals surface area contributed by atoms with E-state index in [4.69, 9.17) is 10.2 Å². The van der Waals surface area contributed by atoms with E-state index >= 15 is 0 Å². The average Bonchev–Trinajstić information content (AvgIpc) is 2.41. The van der Waals surface area contributed by atoms with Crippen molar-refractivity contribution in [2.45, 2.75) is 46.2 Å². The molecule has 0 aliphatic rings. The molecule has 16 heavy (non-hydrogen) atoms. The topological polar surface area (TPSA) is 81.1 Å². The van der Waals surface area contributed by atoms with Gasteiger partial charge in [0.25, 0.3) is 0 Å². The van der Waals surface area contributed by atoms with Crippen LogP contribution in [0.4, 0.5) is 0 Å². The molecular formula is C11H19N3O2. The molecule has 5 nitrogen and oxygen atoms in total. The van der Waals surface area contributed by atoms with E-state index in [2.05, 4.69) is 10.3 Å². The maximum atomic E-state index is 10.8. The van der Waals surface area contributed by atoms with E-state index in [1.807, 2.05) is 27.7 Å². The van der Waals surface area contributed by atoms with Crippen LogP contribution in [0.3, 0.4) is 0 Å². The first kappa shape index (κ1) is 12.7. The predicted molar refractivity (Wildman–Crippen MR) is 60.7 cm³/mol. The van der Waals surface area contributed by atoms with Gasteiger partial charge in [0.05, 0.1) is 12.2 Å². The Morgan fingerprint density at radius 1 is 1.50 bits per heavy atom. The van der Waals surface area contributed by atoms with Gasteiger partial charge in [-0.1, -0.05) is 0 Å². The van der Waals surface area contributed by atoms with Crippen LogP contribution in [0, 0.1) is 13.8 Å². The number of hydrogen-bond acceptors (Lipinski definition) is 4. The first-order valence-corrected chi connectivity index (χ1v) is 5.26. The summed E-state index contributed by atoms with van der Waals surface area (Å²) in [6, 6.07) is 0. The highest BCUT2D eigenvalue weighted by Gasteiger charge is 2.20. The van der Waals surface area contributed by atoms with Crippen molar-refractivity contribution in [1.29, 1.82) is 0 Å². The summed E-state index contributed by atoms with van der Waals surface area (Å²) in [5, 5.41) is 3.19. The van der Waals surface area contributed by atoms with Crippen LogP contribution in [0.2, 0.25) is 0 Å². The van der Waals surface area contributed by atoms with Crippen molar-refractivity contribution in [2.24, 2.45) is 5.73 Å². The van der Waals surface area contributed by atoms with Gasteiger partial charge < -0.3 is 15.5 Å². The van der Waals surface area contributed by atoms with Crippen LogP contribution in [0.1, 0.15) is 37.6 Å². The van der Waals surface area contributed by atoms with E-state index in [-0.39, 0.29) is 17.9 Å². The summed E-state index contributed by atoms with van der Waals surface area (Å²) in [5.41, 5.74) is 5.71. The number of rotatable bonds is 5. The molecule has 0 fully saturated rings. The Kier molecular flexibility index (Phi) is 3.70. The Bertz CT molecular complexity index is 363. The molecule has 0 aliphatic carbocycles. The second-order valence-electron chi connectivity index (χ2n) is 4.63. The largest absolute Gasteiger partial charge is 0.444 e. The van der Waals surface area contributed by atoms with Gasteiger partial charge in [-0.3, -0.25) is 4.79 Å². The van der Waals surface area contributed by atoms with Crippen LogP contribution in [0.15, 0.2) is 4.42 Å². The third-order valence-corrected chi connectivity index (χ3v) is 2.41. The molecular weight excluding hydrogens is 206 g/mol. The number of oxazole rings is 1. The molecule has 3 N–H and O–H groups in total. The van der Waals surface area contributed by atoms with Crippen LogP contribution in [-0.4, -0.2) is 16.4 Å². The lowest BCUT2D eigenvalue weighted by molar-refractivity contribution is -0.119. The Balaban J connectivity index is 2.53. The zero-order valence-electron chi connectivity index (χ0n) is 10.3. The van der Waals surface area contributed by atoms with Gasteiger partial charge in [0.2, 0.25) is 11.8 Å². The van der Waals surface area contributed by atoms with Gasteiger partial charge in [-0.25, -0.2) is 4.98 Å². The van der Waals surface area contributed by atoms with Crippen molar-refractivity contribution in [3.8, 4) is 0 Å². The van der Waals surface area contributed by atoms with Gasteiger partial charge in [0, 0.05) is 12.0 Å². The fourth-order valence-electron chi connectivity index (χ4n) is 1.43. The van der Waals surface area contributed by atoms with Crippen molar-refractivity contribution in [3.63, 3.8) is 0 Å². The minimum Gasteiger partial charge on any atom is -0.444 e. The van der Waals surface area contributed by atoms with Gasteiger partial charge >= 0.3 is 0 Å². The highest BCUT2D eigenvalue weighted by atomic mass is 16.4. The predicted octanol–water partition coefficient (Wildman–Crippen LogP) is 1.04. The SMILES string of the molecule is Cc1nc(CNC(C)(C)CC(N)=O)oc1C. The monoisotopic (exact) mass is 225 g/mol. The molecule has 0 saturated carbocycles. The number of aryl methyl sites for hydroxylation is 2. The van der Waals surface area contributed by atoms with Gasteiger partial charge in [-0.05, 0) is 27.7 Å². The quantitative estimate of drug-likeness (QED) is 0.784. The zero-order chi connectivity index (χ0) is 12.3.